The maximum atomic E-state index is 5.56. The number of amidine groups is 1. The van der Waals surface area contributed by atoms with Crippen LogP contribution < -0.4 is 4.74 Å². The summed E-state index contributed by atoms with van der Waals surface area (Å²) in [6.07, 6.45) is 4.49. The third-order valence-electron chi connectivity index (χ3n) is 3.79. The first-order valence-corrected chi connectivity index (χ1v) is 7.00. The molecule has 0 amide bonds. The van der Waals surface area contributed by atoms with Gasteiger partial charge in [-0.05, 0) is 23.3 Å². The predicted molar refractivity (Wildman–Crippen MR) is 98.4 cm³/mol. The molecule has 23 heavy (non-hydrogen) atoms. The van der Waals surface area contributed by atoms with Gasteiger partial charge in [-0.1, -0.05) is 18.2 Å². The SMILES string of the molecule is COc1cccc2c1C(c1cccnc1)N=C(N(C)C)C2.Cl.Cl. The number of benzene rings is 1. The van der Waals surface area contributed by atoms with Crippen molar-refractivity contribution in [2.75, 3.05) is 21.2 Å². The first kappa shape index (κ1) is 19.3. The normalized spacial score (nSPS) is 15.4. The number of pyridine rings is 1. The number of methoxy groups -OCH3 is 1. The van der Waals surface area contributed by atoms with Crippen LogP contribution in [0.15, 0.2) is 47.7 Å². The Balaban J connectivity index is 0.00000132. The molecule has 1 aliphatic heterocycles. The van der Waals surface area contributed by atoms with Gasteiger partial charge in [0, 0.05) is 38.5 Å². The highest BCUT2D eigenvalue weighted by atomic mass is 35.5. The van der Waals surface area contributed by atoms with Crippen molar-refractivity contribution in [3.8, 4) is 5.75 Å². The van der Waals surface area contributed by atoms with Crippen LogP contribution in [0.25, 0.3) is 0 Å². The van der Waals surface area contributed by atoms with Crippen LogP contribution in [-0.2, 0) is 6.42 Å². The van der Waals surface area contributed by atoms with Crippen LogP contribution >= 0.6 is 24.8 Å². The molecule has 1 aliphatic rings. The highest BCUT2D eigenvalue weighted by Gasteiger charge is 2.27. The molecule has 0 saturated carbocycles. The summed E-state index contributed by atoms with van der Waals surface area (Å²) in [4.78, 5) is 11.2. The van der Waals surface area contributed by atoms with E-state index in [0.29, 0.717) is 0 Å². The van der Waals surface area contributed by atoms with E-state index in [9.17, 15) is 0 Å². The fourth-order valence-electron chi connectivity index (χ4n) is 2.71. The predicted octanol–water partition coefficient (Wildman–Crippen LogP) is 3.54. The smallest absolute Gasteiger partial charge is 0.124 e. The third-order valence-corrected chi connectivity index (χ3v) is 3.79. The fourth-order valence-corrected chi connectivity index (χ4v) is 2.71. The lowest BCUT2D eigenvalue weighted by Gasteiger charge is -2.28. The van der Waals surface area contributed by atoms with Gasteiger partial charge in [0.25, 0.3) is 0 Å². The molecule has 1 atom stereocenters. The molecule has 0 saturated heterocycles. The largest absolute Gasteiger partial charge is 0.496 e. The van der Waals surface area contributed by atoms with Crippen molar-refractivity contribution in [3.05, 3.63) is 59.4 Å². The minimum absolute atomic E-state index is 0. The summed E-state index contributed by atoms with van der Waals surface area (Å²) in [6, 6.07) is 10.1. The van der Waals surface area contributed by atoms with Gasteiger partial charge in [-0.3, -0.25) is 9.98 Å². The molecule has 0 fully saturated rings. The third kappa shape index (κ3) is 3.77. The first-order valence-electron chi connectivity index (χ1n) is 7.00. The van der Waals surface area contributed by atoms with Crippen molar-refractivity contribution in [2.45, 2.75) is 12.5 Å². The Morgan fingerprint density at radius 3 is 2.52 bits per heavy atom. The maximum Gasteiger partial charge on any atom is 0.124 e. The molecular weight excluding hydrogens is 333 g/mol. The zero-order valence-electron chi connectivity index (χ0n) is 13.4. The van der Waals surface area contributed by atoms with Gasteiger partial charge >= 0.3 is 0 Å². The van der Waals surface area contributed by atoms with Gasteiger partial charge in [-0.15, -0.1) is 24.8 Å². The Morgan fingerprint density at radius 1 is 1.13 bits per heavy atom. The number of aromatic nitrogens is 1. The van der Waals surface area contributed by atoms with Crippen LogP contribution in [0.4, 0.5) is 0 Å². The quantitative estimate of drug-likeness (QED) is 0.828. The first-order chi connectivity index (χ1) is 10.2. The van der Waals surface area contributed by atoms with E-state index in [-0.39, 0.29) is 30.9 Å². The van der Waals surface area contributed by atoms with E-state index in [0.717, 1.165) is 29.1 Å². The molecule has 1 aromatic carbocycles. The van der Waals surface area contributed by atoms with Gasteiger partial charge in [-0.25, -0.2) is 0 Å². The molecular formula is C17H21Cl2N3O. The average Bonchev–Trinajstić information content (AvgIpc) is 2.53. The van der Waals surface area contributed by atoms with Gasteiger partial charge in [0.15, 0.2) is 0 Å². The van der Waals surface area contributed by atoms with E-state index in [2.05, 4.69) is 22.0 Å². The summed E-state index contributed by atoms with van der Waals surface area (Å²) < 4.78 is 5.56. The van der Waals surface area contributed by atoms with E-state index in [1.807, 2.05) is 38.5 Å². The van der Waals surface area contributed by atoms with Crippen LogP contribution in [-0.4, -0.2) is 36.9 Å². The second-order valence-electron chi connectivity index (χ2n) is 5.34. The van der Waals surface area contributed by atoms with Crippen molar-refractivity contribution in [3.63, 3.8) is 0 Å². The molecule has 6 heteroatoms. The van der Waals surface area contributed by atoms with Crippen LogP contribution in [0.3, 0.4) is 0 Å². The Morgan fingerprint density at radius 2 is 1.91 bits per heavy atom. The number of hydrogen-bond acceptors (Lipinski definition) is 4. The highest BCUT2D eigenvalue weighted by molar-refractivity contribution is 5.87. The fraction of sp³-hybridized carbons (Fsp3) is 0.294. The van der Waals surface area contributed by atoms with Gasteiger partial charge in [-0.2, -0.15) is 0 Å². The minimum atomic E-state index is -0.0593. The van der Waals surface area contributed by atoms with Crippen LogP contribution in [0.5, 0.6) is 5.75 Å². The summed E-state index contributed by atoms with van der Waals surface area (Å²) in [5.74, 6) is 1.97. The van der Waals surface area contributed by atoms with Crippen molar-refractivity contribution >= 4 is 30.6 Å². The molecule has 0 spiro atoms. The van der Waals surface area contributed by atoms with E-state index in [1.54, 1.807) is 13.3 Å². The minimum Gasteiger partial charge on any atom is -0.496 e. The zero-order valence-corrected chi connectivity index (χ0v) is 15.0. The second kappa shape index (κ2) is 8.18. The summed E-state index contributed by atoms with van der Waals surface area (Å²) in [5, 5.41) is 0. The molecule has 124 valence electrons. The number of hydrogen-bond donors (Lipinski definition) is 0. The molecule has 2 heterocycles. The Hall–Kier alpha value is -1.78. The zero-order chi connectivity index (χ0) is 14.8. The number of ether oxygens (including phenoxy) is 1. The van der Waals surface area contributed by atoms with E-state index in [4.69, 9.17) is 9.73 Å². The highest BCUT2D eigenvalue weighted by Crippen LogP contribution is 2.38. The molecule has 0 bridgehead atoms. The maximum absolute atomic E-state index is 5.56. The standard InChI is InChI=1S/C17H19N3O.2ClH/c1-20(2)15-10-12-6-4-8-14(21-3)16(12)17(19-15)13-7-5-9-18-11-13;;/h4-9,11,17H,10H2,1-3H3;2*1H. The van der Waals surface area contributed by atoms with Crippen LogP contribution in [0.2, 0.25) is 0 Å². The van der Waals surface area contributed by atoms with Crippen molar-refractivity contribution in [2.24, 2.45) is 4.99 Å². The van der Waals surface area contributed by atoms with E-state index < -0.39 is 0 Å². The summed E-state index contributed by atoms with van der Waals surface area (Å²) in [5.41, 5.74) is 3.50. The number of rotatable bonds is 2. The average molecular weight is 354 g/mol. The van der Waals surface area contributed by atoms with Crippen LogP contribution in [0, 0.1) is 0 Å². The topological polar surface area (TPSA) is 37.7 Å². The molecule has 0 aliphatic carbocycles. The monoisotopic (exact) mass is 353 g/mol. The number of fused-ring (bicyclic) bond motifs is 1. The van der Waals surface area contributed by atoms with Gasteiger partial charge in [0.2, 0.25) is 0 Å². The van der Waals surface area contributed by atoms with Gasteiger partial charge in [0.1, 0.15) is 17.6 Å². The van der Waals surface area contributed by atoms with Crippen molar-refractivity contribution in [1.29, 1.82) is 0 Å². The molecule has 4 nitrogen and oxygen atoms in total. The lowest BCUT2D eigenvalue weighted by molar-refractivity contribution is 0.406. The molecule has 1 aromatic heterocycles. The van der Waals surface area contributed by atoms with E-state index >= 15 is 0 Å². The molecule has 0 radical (unpaired) electrons. The lowest BCUT2D eigenvalue weighted by atomic mass is 9.90. The Kier molecular flexibility index (Phi) is 6.85. The second-order valence-corrected chi connectivity index (χ2v) is 5.34. The number of halogens is 2. The van der Waals surface area contributed by atoms with Crippen molar-refractivity contribution < 1.29 is 4.74 Å². The molecule has 0 N–H and O–H groups in total. The van der Waals surface area contributed by atoms with E-state index in [1.165, 1.54) is 5.56 Å². The Bertz CT molecular complexity index is 675. The number of aliphatic imine (C=N–C) groups is 1. The Labute approximate surface area is 149 Å². The van der Waals surface area contributed by atoms with Crippen LogP contribution in [0.1, 0.15) is 22.7 Å². The molecule has 1 unspecified atom stereocenters. The number of nitrogens with zero attached hydrogens (tertiary/aromatic N) is 3. The van der Waals surface area contributed by atoms with Gasteiger partial charge < -0.3 is 9.64 Å². The summed E-state index contributed by atoms with van der Waals surface area (Å²) in [6.45, 7) is 0. The molecule has 3 rings (SSSR count). The molecule has 2 aromatic rings. The number of likely N-dealkylation sites (N-methyl/N-ethyl adjacent to an activating group) is 1. The van der Waals surface area contributed by atoms with Gasteiger partial charge in [0.05, 0.1) is 7.11 Å². The summed E-state index contributed by atoms with van der Waals surface area (Å²) in [7, 11) is 5.77. The van der Waals surface area contributed by atoms with Crippen molar-refractivity contribution in [1.82, 2.24) is 9.88 Å². The lowest BCUT2D eigenvalue weighted by Crippen LogP contribution is -2.29. The summed E-state index contributed by atoms with van der Waals surface area (Å²) >= 11 is 0.